The summed E-state index contributed by atoms with van der Waals surface area (Å²) in [6.07, 6.45) is 0. The lowest BCUT2D eigenvalue weighted by molar-refractivity contribution is -0.460. The molecule has 13 heavy (non-hydrogen) atoms. The van der Waals surface area contributed by atoms with Crippen LogP contribution in [0.15, 0.2) is 0 Å². The Balaban J connectivity index is 2.16. The van der Waals surface area contributed by atoms with Gasteiger partial charge in [0.15, 0.2) is 10.3 Å². The van der Waals surface area contributed by atoms with Crippen molar-refractivity contribution in [1.82, 2.24) is 0 Å². The summed E-state index contributed by atoms with van der Waals surface area (Å²) in [5, 5.41) is 5.75. The summed E-state index contributed by atoms with van der Waals surface area (Å²) in [7, 11) is 15.7. The van der Waals surface area contributed by atoms with Gasteiger partial charge in [-0.05, 0) is 15.1 Å². The van der Waals surface area contributed by atoms with Crippen LogP contribution in [0.3, 0.4) is 0 Å². The number of rotatable bonds is 2. The quantitative estimate of drug-likeness (QED) is 0.565. The molecule has 2 rings (SSSR count). The molecule has 1 nitrogen and oxygen atoms in total. The van der Waals surface area contributed by atoms with Crippen LogP contribution in [0.1, 0.15) is 0 Å². The Bertz CT molecular complexity index is 324. The van der Waals surface area contributed by atoms with Gasteiger partial charge in [-0.3, -0.25) is 5.32 Å². The van der Waals surface area contributed by atoms with Crippen LogP contribution in [0.5, 0.6) is 0 Å². The van der Waals surface area contributed by atoms with Crippen molar-refractivity contribution < 1.29 is 5.32 Å². The van der Waals surface area contributed by atoms with E-state index in [9.17, 15) is 0 Å². The molecular formula is C2H2NP10+. The van der Waals surface area contributed by atoms with Crippen LogP contribution in [0.4, 0.5) is 10.3 Å². The van der Waals surface area contributed by atoms with Gasteiger partial charge in [-0.2, -0.15) is 0 Å². The van der Waals surface area contributed by atoms with Gasteiger partial charge in [0, 0.05) is 61.7 Å². The molecule has 0 amide bonds. The van der Waals surface area contributed by atoms with Gasteiger partial charge in [-0.25, -0.2) is 0 Å². The molecule has 2 heterocycles. The number of quaternary nitrogens is 1. The number of hydrogen-bond donors (Lipinski definition) is 1. The van der Waals surface area contributed by atoms with E-state index in [0.717, 1.165) is 0 Å². The lowest BCUT2D eigenvalue weighted by atomic mass is 11.2. The molecule has 0 unspecified atom stereocenters. The maximum atomic E-state index is 2.47. The molecule has 0 atom stereocenters. The van der Waals surface area contributed by atoms with Crippen LogP contribution in [-0.2, 0) is 0 Å². The summed E-state index contributed by atoms with van der Waals surface area (Å²) in [5.41, 5.74) is 0. The topological polar surface area (TPSA) is 16.6 Å². The fourth-order valence-corrected chi connectivity index (χ4v) is 29.8. The minimum Gasteiger partial charge on any atom is -0.265 e. The summed E-state index contributed by atoms with van der Waals surface area (Å²) in [4.78, 5) is 0. The Hall–Kier alpha value is 2.70. The zero-order chi connectivity index (χ0) is 8.93. The zero-order valence-electron chi connectivity index (χ0n) is 6.05. The molecule has 0 spiro atoms. The first kappa shape index (κ1) is 12.2. The summed E-state index contributed by atoms with van der Waals surface area (Å²) in [5.74, 6) is 0. The molecule has 0 saturated heterocycles. The minimum absolute atomic E-state index is 1.55. The Morgan fingerprint density at radius 2 is 0.923 bits per heavy atom. The molecular weight excluding hydrogens is 348 g/mol. The Morgan fingerprint density at radius 3 is 1.31 bits per heavy atom. The Morgan fingerprint density at radius 1 is 0.538 bits per heavy atom. The van der Waals surface area contributed by atoms with E-state index in [4.69, 9.17) is 0 Å². The maximum Gasteiger partial charge on any atom is 0.195 e. The monoisotopic (exact) mass is 350 g/mol. The van der Waals surface area contributed by atoms with Crippen LogP contribution in [-0.4, -0.2) is 0 Å². The summed E-state index contributed by atoms with van der Waals surface area (Å²) >= 11 is 0. The summed E-state index contributed by atoms with van der Waals surface area (Å²) < 4.78 is 0. The first-order chi connectivity index (χ1) is 6.45. The van der Waals surface area contributed by atoms with E-state index in [2.05, 4.69) is 5.32 Å². The van der Waals surface area contributed by atoms with Crippen molar-refractivity contribution in [2.75, 3.05) is 0 Å². The predicted octanol–water partition coefficient (Wildman–Crippen LogP) is 8.01. The molecule has 0 aliphatic heterocycles. The van der Waals surface area contributed by atoms with Crippen LogP contribution in [0, 0.1) is 0 Å². The molecule has 0 fully saturated rings. The maximum absolute atomic E-state index is 2.47. The lowest BCUT2D eigenvalue weighted by Gasteiger charge is -1.93. The van der Waals surface area contributed by atoms with Crippen molar-refractivity contribution in [1.29, 1.82) is 0 Å². The smallest absolute Gasteiger partial charge is 0.195 e. The zero-order valence-corrected chi connectivity index (χ0v) is 15.0. The van der Waals surface area contributed by atoms with E-state index in [1.807, 2.05) is 0 Å². The van der Waals surface area contributed by atoms with Crippen LogP contribution in [0.25, 0.3) is 0 Å². The van der Waals surface area contributed by atoms with E-state index >= 15 is 0 Å². The molecule has 2 N–H and O–H groups in total. The van der Waals surface area contributed by atoms with Crippen molar-refractivity contribution in [3.05, 3.63) is 0 Å². The molecule has 0 aliphatic carbocycles. The highest BCUT2D eigenvalue weighted by molar-refractivity contribution is 8.41. The van der Waals surface area contributed by atoms with Crippen molar-refractivity contribution >= 4 is 87.1 Å². The van der Waals surface area contributed by atoms with Gasteiger partial charge in [0.05, 0.1) is 0 Å². The molecule has 2 aromatic rings. The van der Waals surface area contributed by atoms with Crippen molar-refractivity contribution in [3.8, 4) is 0 Å². The van der Waals surface area contributed by atoms with Gasteiger partial charge in [0.25, 0.3) is 0 Å². The third-order valence-electron chi connectivity index (χ3n) is 1.01. The fourth-order valence-electron chi connectivity index (χ4n) is 0.570. The molecule has 64 valence electrons. The number of hydrogen-bond acceptors (Lipinski definition) is 0. The molecule has 11 heteroatoms. The van der Waals surface area contributed by atoms with Crippen LogP contribution >= 0.6 is 76.8 Å². The van der Waals surface area contributed by atoms with Crippen molar-refractivity contribution in [2.45, 2.75) is 0 Å². The van der Waals surface area contributed by atoms with Gasteiger partial charge < -0.3 is 0 Å². The van der Waals surface area contributed by atoms with Crippen molar-refractivity contribution in [2.24, 2.45) is 0 Å². The van der Waals surface area contributed by atoms with Gasteiger partial charge in [0.1, 0.15) is 0 Å². The average Bonchev–Trinajstić information content (AvgIpc) is 2.21. The fraction of sp³-hybridized carbons (Fsp3) is 0. The van der Waals surface area contributed by atoms with Gasteiger partial charge >= 0.3 is 0 Å². The van der Waals surface area contributed by atoms with E-state index in [1.54, 1.807) is 87.1 Å². The first-order valence-electron chi connectivity index (χ1n) is 3.07. The van der Waals surface area contributed by atoms with E-state index in [0.29, 0.717) is 0 Å². The third kappa shape index (κ3) is 4.60. The van der Waals surface area contributed by atoms with E-state index in [-0.39, 0.29) is 0 Å². The highest BCUT2D eigenvalue weighted by Gasteiger charge is 2.00. The normalized spacial score (nSPS) is 16.0. The SMILES string of the molecule is [NH2+](c1ppppp1)c1ppppp1. The second-order valence-electron chi connectivity index (χ2n) is 1.80. The Kier molecular flexibility index (Phi) is 6.65. The van der Waals surface area contributed by atoms with Crippen LogP contribution < -0.4 is 5.32 Å². The minimum atomic E-state index is 1.55. The van der Waals surface area contributed by atoms with Gasteiger partial charge in [0.2, 0.25) is 0 Å². The van der Waals surface area contributed by atoms with E-state index < -0.39 is 0 Å². The second kappa shape index (κ2) is 7.11. The predicted molar refractivity (Wildman–Crippen MR) is 79.3 cm³/mol. The van der Waals surface area contributed by atoms with Gasteiger partial charge in [-0.1, -0.05) is 0 Å². The third-order valence-corrected chi connectivity index (χ3v) is 25.5. The largest absolute Gasteiger partial charge is 0.265 e. The highest BCUT2D eigenvalue weighted by atomic mass is 32.4. The summed E-state index contributed by atoms with van der Waals surface area (Å²) in [6.45, 7) is 0. The number of nitrogens with two attached hydrogens (primary N) is 1. The van der Waals surface area contributed by atoms with Crippen molar-refractivity contribution in [3.63, 3.8) is 0 Å². The average molecular weight is 350 g/mol. The Labute approximate surface area is 92.1 Å². The van der Waals surface area contributed by atoms with E-state index in [1.165, 1.54) is 0 Å². The second-order valence-corrected chi connectivity index (χ2v) is 21.6. The standard InChI is InChI=1S/C2HNP10/c3(1-4-8-12-9-5-1)2-6-10-13-11-7-2/h3H/p+1. The molecule has 0 bridgehead atoms. The first-order valence-corrected chi connectivity index (χ1v) is 17.7. The molecule has 0 aromatic carbocycles. The highest BCUT2D eigenvalue weighted by Crippen LogP contribution is 2.51. The molecule has 2 aromatic heterocycles. The molecule has 0 radical (unpaired) electrons. The molecule has 0 saturated carbocycles. The molecule has 0 aliphatic rings. The lowest BCUT2D eigenvalue weighted by Crippen LogP contribution is -2.68. The summed E-state index contributed by atoms with van der Waals surface area (Å²) in [6, 6.07) is 0. The van der Waals surface area contributed by atoms with Gasteiger partial charge in [-0.15, -0.1) is 0 Å². The van der Waals surface area contributed by atoms with Crippen LogP contribution in [0.2, 0.25) is 0 Å².